The molecule has 2 aromatic rings. The first-order valence-corrected chi connectivity index (χ1v) is 15.2. The Morgan fingerprint density at radius 2 is 2.22 bits per heavy atom. The van der Waals surface area contributed by atoms with Crippen molar-refractivity contribution in [2.75, 3.05) is 40.8 Å². The van der Waals surface area contributed by atoms with Gasteiger partial charge in [0, 0.05) is 40.9 Å². The Morgan fingerprint density at radius 1 is 1.35 bits per heavy atom. The second kappa shape index (κ2) is 8.71. The fourth-order valence-corrected chi connectivity index (χ4v) is 12.2. The van der Waals surface area contributed by atoms with Crippen LogP contribution in [0.3, 0.4) is 0 Å². The predicted molar refractivity (Wildman–Crippen MR) is 151 cm³/mol. The van der Waals surface area contributed by atoms with Crippen molar-refractivity contribution in [3.63, 3.8) is 0 Å². The van der Waals surface area contributed by atoms with Gasteiger partial charge in [-0.15, -0.1) is 0 Å². The molecule has 2 heterocycles. The zero-order valence-corrected chi connectivity index (χ0v) is 24.2. The number of piperidine rings is 1. The van der Waals surface area contributed by atoms with E-state index in [1.807, 2.05) is 7.05 Å². The average Bonchev–Trinajstić information content (AvgIpc) is 3.63. The van der Waals surface area contributed by atoms with E-state index in [2.05, 4.69) is 63.0 Å². The number of rotatable bonds is 7. The molecule has 198 valence electrons. The van der Waals surface area contributed by atoms with Gasteiger partial charge in [0.05, 0.1) is 18.9 Å². The minimum Gasteiger partial charge on any atom is -0.497 e. The number of nitrogens with one attached hydrogen (secondary N) is 1. The van der Waals surface area contributed by atoms with E-state index in [0.717, 1.165) is 24.6 Å². The lowest BCUT2D eigenvalue weighted by Crippen LogP contribution is -2.65. The number of fused-ring (bicyclic) bond motifs is 1. The SMILES string of the molecule is CNCCCN1CC2C3Cc4ccc(OC)cc4C24C2C(N(C)C(=O)c5ccoc5)CCC4(C[C@@H]2I)C31. The lowest BCUT2D eigenvalue weighted by Gasteiger charge is -2.61. The number of hydrogen-bond acceptors (Lipinski definition) is 5. The third-order valence-corrected chi connectivity index (χ3v) is 12.4. The average molecular weight is 616 g/mol. The Bertz CT molecular complexity index is 1200. The number of amides is 1. The maximum atomic E-state index is 13.6. The van der Waals surface area contributed by atoms with Gasteiger partial charge in [-0.05, 0) is 98.8 Å². The van der Waals surface area contributed by atoms with Gasteiger partial charge in [-0.1, -0.05) is 28.7 Å². The molecule has 37 heavy (non-hydrogen) atoms. The van der Waals surface area contributed by atoms with Crippen LogP contribution in [0.2, 0.25) is 0 Å². The van der Waals surface area contributed by atoms with Crippen molar-refractivity contribution in [1.82, 2.24) is 15.1 Å². The third kappa shape index (κ3) is 3.02. The first kappa shape index (κ1) is 24.5. The molecular weight excluding hydrogens is 577 g/mol. The van der Waals surface area contributed by atoms with Crippen LogP contribution in [0.5, 0.6) is 5.75 Å². The van der Waals surface area contributed by atoms with Crippen LogP contribution in [0.25, 0.3) is 0 Å². The number of likely N-dealkylation sites (tertiary alicyclic amines) is 1. The number of carbonyl (C=O) groups excluding carboxylic acids is 1. The Balaban J connectivity index is 1.36. The Hall–Kier alpha value is -1.58. The smallest absolute Gasteiger partial charge is 0.257 e. The van der Waals surface area contributed by atoms with E-state index in [0.29, 0.717) is 27.4 Å². The Morgan fingerprint density at radius 3 is 2.97 bits per heavy atom. The highest BCUT2D eigenvalue weighted by atomic mass is 127. The van der Waals surface area contributed by atoms with E-state index in [4.69, 9.17) is 9.15 Å². The molecule has 1 spiro atoms. The van der Waals surface area contributed by atoms with Crippen molar-refractivity contribution < 1.29 is 13.9 Å². The molecule has 1 aromatic carbocycles. The van der Waals surface area contributed by atoms with E-state index < -0.39 is 0 Å². The summed E-state index contributed by atoms with van der Waals surface area (Å²) >= 11 is 2.77. The zero-order valence-electron chi connectivity index (χ0n) is 22.1. The quantitative estimate of drug-likeness (QED) is 0.285. The molecule has 1 amide bonds. The lowest BCUT2D eigenvalue weighted by molar-refractivity contribution is -0.0581. The van der Waals surface area contributed by atoms with E-state index in [-0.39, 0.29) is 22.8 Å². The summed E-state index contributed by atoms with van der Waals surface area (Å²) in [7, 11) is 5.89. The molecule has 1 N–H and O–H groups in total. The fraction of sp³-hybridized carbons (Fsp3) is 0.633. The van der Waals surface area contributed by atoms with Crippen LogP contribution in [0, 0.1) is 23.2 Å². The summed E-state index contributed by atoms with van der Waals surface area (Å²) in [4.78, 5) is 18.5. The highest BCUT2D eigenvalue weighted by Gasteiger charge is 2.82. The second-order valence-electron chi connectivity index (χ2n) is 12.2. The summed E-state index contributed by atoms with van der Waals surface area (Å²) in [6, 6.07) is 9.60. The first-order chi connectivity index (χ1) is 18.0. The first-order valence-electron chi connectivity index (χ1n) is 14.0. The van der Waals surface area contributed by atoms with Crippen LogP contribution in [0.15, 0.2) is 41.2 Å². The van der Waals surface area contributed by atoms with E-state index in [1.54, 1.807) is 31.3 Å². The molecule has 7 rings (SSSR count). The molecule has 3 saturated carbocycles. The normalized spacial score (nSPS) is 38.9. The summed E-state index contributed by atoms with van der Waals surface area (Å²) < 4.78 is 11.6. The molecule has 7 unspecified atom stereocenters. The monoisotopic (exact) mass is 615 g/mol. The van der Waals surface area contributed by atoms with Gasteiger partial charge >= 0.3 is 0 Å². The van der Waals surface area contributed by atoms with Crippen molar-refractivity contribution in [2.45, 2.75) is 53.5 Å². The van der Waals surface area contributed by atoms with Gasteiger partial charge < -0.3 is 19.4 Å². The van der Waals surface area contributed by atoms with E-state index >= 15 is 0 Å². The third-order valence-electron chi connectivity index (χ3n) is 11.2. The molecule has 4 aliphatic carbocycles. The van der Waals surface area contributed by atoms with Gasteiger partial charge in [-0.25, -0.2) is 0 Å². The van der Waals surface area contributed by atoms with Gasteiger partial charge in [0.1, 0.15) is 12.0 Å². The lowest BCUT2D eigenvalue weighted by atomic mass is 9.48. The molecule has 0 radical (unpaired) electrons. The topological polar surface area (TPSA) is 58.0 Å². The van der Waals surface area contributed by atoms with E-state index in [9.17, 15) is 4.79 Å². The van der Waals surface area contributed by atoms with Crippen LogP contribution in [0.4, 0.5) is 0 Å². The zero-order chi connectivity index (χ0) is 25.5. The molecule has 5 aliphatic rings. The Kier molecular flexibility index (Phi) is 5.76. The molecule has 7 heteroatoms. The summed E-state index contributed by atoms with van der Waals surface area (Å²) in [5, 5.41) is 3.36. The van der Waals surface area contributed by atoms with Gasteiger partial charge in [-0.2, -0.15) is 0 Å². The van der Waals surface area contributed by atoms with Crippen molar-refractivity contribution >= 4 is 28.5 Å². The number of nitrogens with zero attached hydrogens (tertiary/aromatic N) is 2. The number of carbonyl (C=O) groups is 1. The summed E-state index contributed by atoms with van der Waals surface area (Å²) in [5.74, 6) is 2.89. The molecule has 8 atom stereocenters. The number of hydrogen-bond donors (Lipinski definition) is 1. The standard InChI is InChI=1S/C30H38IN3O3/c1-32-10-4-11-34-16-23-21-13-18-5-6-20(36-3)14-22(18)30(23)26-24(31)15-29(30,27(21)34)9-7-25(26)33(2)28(35)19-8-12-37-17-19/h5-6,8,12,14,17,21,23-27,32H,4,7,9-11,13,15-16H2,1-3H3/t21?,23?,24-,25?,26?,27?,29?,30?/m0/s1. The summed E-state index contributed by atoms with van der Waals surface area (Å²) in [5.41, 5.74) is 4.15. The number of alkyl halides is 1. The number of furan rings is 1. The highest BCUT2D eigenvalue weighted by Crippen LogP contribution is 2.80. The minimum atomic E-state index is 0.0909. The van der Waals surface area contributed by atoms with Crippen LogP contribution in [-0.2, 0) is 11.8 Å². The number of benzene rings is 1. The fourth-order valence-electron chi connectivity index (χ4n) is 10.3. The molecule has 6 nitrogen and oxygen atoms in total. The highest BCUT2D eigenvalue weighted by molar-refractivity contribution is 14.1. The second-order valence-corrected chi connectivity index (χ2v) is 13.8. The van der Waals surface area contributed by atoms with Crippen molar-refractivity contribution in [1.29, 1.82) is 0 Å². The Labute approximate surface area is 233 Å². The predicted octanol–water partition coefficient (Wildman–Crippen LogP) is 4.37. The molecular formula is C30H38IN3O3. The van der Waals surface area contributed by atoms with E-state index in [1.165, 1.54) is 44.3 Å². The van der Waals surface area contributed by atoms with Crippen LogP contribution >= 0.6 is 22.6 Å². The van der Waals surface area contributed by atoms with Crippen molar-refractivity contribution in [2.24, 2.45) is 23.2 Å². The van der Waals surface area contributed by atoms with Crippen LogP contribution < -0.4 is 10.1 Å². The molecule has 4 fully saturated rings. The molecule has 6 bridgehead atoms. The molecule has 1 aromatic heterocycles. The van der Waals surface area contributed by atoms with Crippen LogP contribution in [-0.4, -0.2) is 72.6 Å². The van der Waals surface area contributed by atoms with Gasteiger partial charge in [0.25, 0.3) is 5.91 Å². The number of halogens is 1. The maximum Gasteiger partial charge on any atom is 0.257 e. The van der Waals surface area contributed by atoms with Crippen molar-refractivity contribution in [3.8, 4) is 5.75 Å². The minimum absolute atomic E-state index is 0.0909. The largest absolute Gasteiger partial charge is 0.497 e. The molecule has 1 aliphatic heterocycles. The van der Waals surface area contributed by atoms with Gasteiger partial charge in [0.15, 0.2) is 0 Å². The van der Waals surface area contributed by atoms with Gasteiger partial charge in [-0.3, -0.25) is 9.69 Å². The summed E-state index contributed by atoms with van der Waals surface area (Å²) in [6.45, 7) is 3.47. The number of methoxy groups -OCH3 is 1. The van der Waals surface area contributed by atoms with Crippen LogP contribution in [0.1, 0.15) is 47.2 Å². The van der Waals surface area contributed by atoms with Gasteiger partial charge in [0.2, 0.25) is 0 Å². The molecule has 1 saturated heterocycles. The maximum absolute atomic E-state index is 13.6. The number of ether oxygens (including phenoxy) is 1. The summed E-state index contributed by atoms with van der Waals surface area (Å²) in [6.07, 6.45) is 9.15. The van der Waals surface area contributed by atoms with Crippen molar-refractivity contribution in [3.05, 3.63) is 53.5 Å².